The van der Waals surface area contributed by atoms with Crippen LogP contribution in [0.1, 0.15) is 46.3 Å². The number of nitrogen functional groups attached to an aromatic ring is 1. The van der Waals surface area contributed by atoms with Crippen LogP contribution >= 0.6 is 35.2 Å². The van der Waals surface area contributed by atoms with Crippen LogP contribution in [0.4, 0.5) is 5.82 Å². The fraction of sp³-hybridized carbons (Fsp3) is 0.630. The minimum atomic E-state index is -5.57. The summed E-state index contributed by atoms with van der Waals surface area (Å²) in [6.45, 7) is 2.45. The number of carbonyl (C=O) groups excluding carboxylic acids is 3. The second-order valence-electron chi connectivity index (χ2n) is 12.4. The Morgan fingerprint density at radius 1 is 1.07 bits per heavy atom. The average molecular weight is 864 g/mol. The number of anilines is 1. The van der Waals surface area contributed by atoms with Crippen molar-refractivity contribution >= 4 is 69.1 Å². The number of thioether (sulfide) groups is 1. The number of carbonyl (C=O) groups is 3. The molecule has 10 N–H and O–H groups in total. The zero-order valence-electron chi connectivity index (χ0n) is 29.6. The van der Waals surface area contributed by atoms with Crippen molar-refractivity contribution in [3.63, 3.8) is 0 Å². The predicted molar refractivity (Wildman–Crippen MR) is 191 cm³/mol. The number of amides is 2. The van der Waals surface area contributed by atoms with E-state index >= 15 is 0 Å². The highest BCUT2D eigenvalue weighted by molar-refractivity contribution is 8.13. The number of nitrogens with zero attached hydrogens (tertiary/aromatic N) is 4. The molecule has 7 atom stereocenters. The van der Waals surface area contributed by atoms with E-state index in [0.29, 0.717) is 5.75 Å². The molecule has 3 heterocycles. The summed E-state index contributed by atoms with van der Waals surface area (Å²) in [4.78, 5) is 87.2. The summed E-state index contributed by atoms with van der Waals surface area (Å²) in [5.74, 6) is -1.10. The van der Waals surface area contributed by atoms with E-state index in [-0.39, 0.29) is 48.0 Å². The van der Waals surface area contributed by atoms with Crippen molar-refractivity contribution in [1.29, 1.82) is 0 Å². The van der Waals surface area contributed by atoms with Gasteiger partial charge < -0.3 is 50.9 Å². The molecular weight excluding hydrogens is 819 g/mol. The molecule has 24 nitrogen and oxygen atoms in total. The van der Waals surface area contributed by atoms with Gasteiger partial charge >= 0.3 is 23.5 Å². The summed E-state index contributed by atoms with van der Waals surface area (Å²) in [6, 6.07) is 0. The van der Waals surface area contributed by atoms with Crippen molar-refractivity contribution in [2.75, 3.05) is 37.8 Å². The molecule has 28 heteroatoms. The lowest BCUT2D eigenvalue weighted by molar-refractivity contribution is -0.137. The van der Waals surface area contributed by atoms with Crippen LogP contribution in [0.25, 0.3) is 11.2 Å². The van der Waals surface area contributed by atoms with Crippen molar-refractivity contribution in [2.24, 2.45) is 5.41 Å². The lowest BCUT2D eigenvalue weighted by Gasteiger charge is -2.30. The molecule has 0 bridgehead atoms. The summed E-state index contributed by atoms with van der Waals surface area (Å²) in [5.41, 5.74) is 4.26. The molecule has 2 amide bonds. The summed E-state index contributed by atoms with van der Waals surface area (Å²) < 4.78 is 62.0. The predicted octanol–water partition coefficient (Wildman–Crippen LogP) is 0.0210. The molecule has 0 aromatic carbocycles. The highest BCUT2D eigenvalue weighted by Crippen LogP contribution is 2.61. The number of nitrogens with two attached hydrogens (primary N) is 1. The Labute approximate surface area is 318 Å². The number of hydrogen-bond acceptors (Lipinski definition) is 18. The Balaban J connectivity index is 1.49. The highest BCUT2D eigenvalue weighted by Gasteiger charge is 2.50. The van der Waals surface area contributed by atoms with E-state index in [1.807, 2.05) is 13.0 Å². The average Bonchev–Trinajstić information content (AvgIpc) is 3.64. The first-order valence-corrected chi connectivity index (χ1v) is 21.8. The lowest BCUT2D eigenvalue weighted by Crippen LogP contribution is -2.46. The summed E-state index contributed by atoms with van der Waals surface area (Å²) in [6.07, 6.45) is -2.16. The number of rotatable bonds is 22. The Bertz CT molecular complexity index is 1830. The van der Waals surface area contributed by atoms with Crippen LogP contribution in [0, 0.1) is 5.41 Å². The number of aliphatic hydroxyl groups excluding tert-OH is 2. The van der Waals surface area contributed by atoms with Crippen molar-refractivity contribution in [3.8, 4) is 0 Å². The second kappa shape index (κ2) is 20.1. The van der Waals surface area contributed by atoms with Crippen molar-refractivity contribution in [3.05, 3.63) is 24.8 Å². The molecule has 1 aliphatic rings. The van der Waals surface area contributed by atoms with E-state index in [0.717, 1.165) is 35.4 Å². The van der Waals surface area contributed by atoms with Crippen LogP contribution in [0.2, 0.25) is 0 Å². The number of phosphoric acid groups is 3. The van der Waals surface area contributed by atoms with Gasteiger partial charge in [-0.15, -0.1) is 0 Å². The molecule has 3 unspecified atom stereocenters. The molecule has 0 aliphatic carbocycles. The lowest BCUT2D eigenvalue weighted by atomic mass is 9.87. The van der Waals surface area contributed by atoms with Gasteiger partial charge in [0.05, 0.1) is 19.5 Å². The van der Waals surface area contributed by atoms with Gasteiger partial charge in [0.15, 0.2) is 22.8 Å². The van der Waals surface area contributed by atoms with Crippen LogP contribution in [-0.4, -0.2) is 123 Å². The Morgan fingerprint density at radius 2 is 1.76 bits per heavy atom. The number of allylic oxidation sites excluding steroid dienone is 2. The van der Waals surface area contributed by atoms with E-state index < -0.39 is 84.6 Å². The SMILES string of the molecule is CCC=CCC(=O)SCCNC(=O)CCNC(=O)C(O)C(C)(C)COP(=O)(O)OP(=O)(O)OC[C@H]1O[C@@H](n2cnc3c(N)ncnc32)[C@H](O)[C@@H]1OP(=O)(O)O. The zero-order chi connectivity index (χ0) is 41.2. The fourth-order valence-corrected chi connectivity index (χ4v) is 8.18. The number of aromatic nitrogens is 4. The number of nitrogens with one attached hydrogen (secondary N) is 2. The van der Waals surface area contributed by atoms with Crippen molar-refractivity contribution < 1.29 is 80.5 Å². The minimum Gasteiger partial charge on any atom is -0.386 e. The Kier molecular flexibility index (Phi) is 17.1. The number of hydrogen-bond donors (Lipinski definition) is 9. The summed E-state index contributed by atoms with van der Waals surface area (Å²) in [5, 5.41) is 26.3. The smallest absolute Gasteiger partial charge is 0.386 e. The van der Waals surface area contributed by atoms with Crippen LogP contribution in [0.15, 0.2) is 24.8 Å². The normalized spacial score (nSPS) is 22.0. The maximum Gasteiger partial charge on any atom is 0.481 e. The molecule has 0 radical (unpaired) electrons. The first-order chi connectivity index (χ1) is 25.6. The Hall–Kier alpha value is -2.70. The fourth-order valence-electron chi connectivity index (χ4n) is 4.70. The molecule has 310 valence electrons. The molecule has 3 rings (SSSR count). The standard InChI is InChI=1S/C27H44N7O17P3S/c1-4-5-6-7-18(36)55-11-10-29-17(35)8-9-30-25(39)22(38)27(2,3)13-48-54(45,46)51-53(43,44)47-12-16-21(50-52(40,41)42)20(37)26(49-16)34-15-33-19-23(28)31-14-32-24(19)34/h5-6,14-16,20-22,26,37-38H,4,7-13H2,1-3H3,(H,29,35)(H,30,39)(H,43,44)(H,45,46)(H2,28,31,32)(H2,40,41,42)/t16-,20-,21-,22?,26-/m1/s1. The van der Waals surface area contributed by atoms with Crippen molar-refractivity contribution in [2.45, 2.75) is 70.7 Å². The number of fused-ring (bicyclic) bond motifs is 1. The maximum atomic E-state index is 12.7. The molecule has 2 aromatic heterocycles. The van der Waals surface area contributed by atoms with Gasteiger partial charge in [-0.3, -0.25) is 32.5 Å². The molecule has 1 saturated heterocycles. The van der Waals surface area contributed by atoms with Gasteiger partial charge in [0, 0.05) is 37.1 Å². The van der Waals surface area contributed by atoms with Crippen molar-refractivity contribution in [1.82, 2.24) is 30.2 Å². The molecule has 55 heavy (non-hydrogen) atoms. The van der Waals surface area contributed by atoms with E-state index in [1.54, 1.807) is 6.08 Å². The minimum absolute atomic E-state index is 0.0306. The van der Waals surface area contributed by atoms with Gasteiger partial charge in [-0.1, -0.05) is 44.7 Å². The number of ether oxygens (including phenoxy) is 1. The van der Waals surface area contributed by atoms with E-state index in [9.17, 15) is 57.9 Å². The van der Waals surface area contributed by atoms with Crippen LogP contribution < -0.4 is 16.4 Å². The van der Waals surface area contributed by atoms with E-state index in [1.165, 1.54) is 13.8 Å². The third-order valence-electron chi connectivity index (χ3n) is 7.45. The summed E-state index contributed by atoms with van der Waals surface area (Å²) >= 11 is 1.07. The van der Waals surface area contributed by atoms with Gasteiger partial charge in [0.1, 0.15) is 36.3 Å². The van der Waals surface area contributed by atoms with Gasteiger partial charge in [0.25, 0.3) is 0 Å². The third-order valence-corrected chi connectivity index (χ3v) is 11.4. The van der Waals surface area contributed by atoms with Gasteiger partial charge in [-0.05, 0) is 6.42 Å². The molecule has 1 aliphatic heterocycles. The molecule has 1 fully saturated rings. The van der Waals surface area contributed by atoms with Crippen LogP contribution in [-0.2, 0) is 50.7 Å². The first kappa shape index (κ1) is 46.7. The monoisotopic (exact) mass is 863 g/mol. The summed E-state index contributed by atoms with van der Waals surface area (Å²) in [7, 11) is -16.4. The quantitative estimate of drug-likeness (QED) is 0.0428. The maximum absolute atomic E-state index is 12.7. The molecule has 0 spiro atoms. The molecule has 2 aromatic rings. The van der Waals surface area contributed by atoms with Gasteiger partial charge in [0.2, 0.25) is 11.8 Å². The number of aliphatic hydroxyl groups is 2. The third kappa shape index (κ3) is 14.6. The largest absolute Gasteiger partial charge is 0.481 e. The second-order valence-corrected chi connectivity index (χ2v) is 17.8. The molecule has 0 saturated carbocycles. The highest BCUT2D eigenvalue weighted by atomic mass is 32.2. The van der Waals surface area contributed by atoms with Gasteiger partial charge in [-0.25, -0.2) is 28.6 Å². The zero-order valence-corrected chi connectivity index (χ0v) is 33.1. The van der Waals surface area contributed by atoms with Gasteiger partial charge in [-0.2, -0.15) is 4.31 Å². The van der Waals surface area contributed by atoms with E-state index in [4.69, 9.17) is 19.5 Å². The number of imidazole rings is 1. The van der Waals surface area contributed by atoms with E-state index in [2.05, 4.69) is 34.4 Å². The molecular formula is C27H44N7O17P3S. The first-order valence-electron chi connectivity index (χ1n) is 16.3. The Morgan fingerprint density at radius 3 is 2.44 bits per heavy atom. The van der Waals surface area contributed by atoms with Crippen LogP contribution in [0.5, 0.6) is 0 Å². The topological polar surface area (TPSA) is 364 Å². The van der Waals surface area contributed by atoms with Crippen LogP contribution in [0.3, 0.4) is 0 Å². The number of phosphoric ester groups is 3.